The number of methoxy groups -OCH3 is 3. The number of hydrogen-bond donors (Lipinski definition) is 3. The number of aromatic nitrogens is 2. The summed E-state index contributed by atoms with van der Waals surface area (Å²) in [6.45, 7) is 1.85. The Morgan fingerprint density at radius 2 is 1.74 bits per heavy atom. The van der Waals surface area contributed by atoms with Crippen LogP contribution in [-0.2, 0) is 16.0 Å². The zero-order valence-electron chi connectivity index (χ0n) is 30.7. The van der Waals surface area contributed by atoms with Crippen molar-refractivity contribution in [3.05, 3.63) is 81.9 Å². The van der Waals surface area contributed by atoms with Gasteiger partial charge in [0.05, 0.1) is 21.3 Å². The normalized spacial score (nSPS) is 18.3. The molecule has 3 atom stereocenters. The van der Waals surface area contributed by atoms with Crippen molar-refractivity contribution in [1.82, 2.24) is 15.5 Å². The minimum atomic E-state index is -2.05. The predicted octanol–water partition coefficient (Wildman–Crippen LogP) is 5.85. The van der Waals surface area contributed by atoms with Gasteiger partial charge in [-0.15, -0.1) is 0 Å². The van der Waals surface area contributed by atoms with Crippen molar-refractivity contribution in [3.63, 3.8) is 0 Å². The van der Waals surface area contributed by atoms with Gasteiger partial charge in [0.1, 0.15) is 22.1 Å². The number of ketones is 2. The van der Waals surface area contributed by atoms with Gasteiger partial charge in [-0.3, -0.25) is 14.4 Å². The molecule has 1 amide bonds. The summed E-state index contributed by atoms with van der Waals surface area (Å²) in [6.07, 6.45) is 0.347. The third-order valence-electron chi connectivity index (χ3n) is 9.86. The number of aliphatic hydroxyl groups is 1. The predicted molar refractivity (Wildman–Crippen MR) is 198 cm³/mol. The number of amides is 1. The molecule has 284 valence electrons. The molecule has 1 spiro atoms. The zero-order chi connectivity index (χ0) is 38.9. The number of anilines is 1. The van der Waals surface area contributed by atoms with Crippen LogP contribution in [0.2, 0.25) is 5.02 Å². The van der Waals surface area contributed by atoms with E-state index in [2.05, 4.69) is 15.5 Å². The number of hydrogen-bond acceptors (Lipinski definition) is 13. The molecule has 0 saturated heterocycles. The van der Waals surface area contributed by atoms with Gasteiger partial charge in [0.15, 0.2) is 28.8 Å². The Morgan fingerprint density at radius 3 is 2.41 bits per heavy atom. The van der Waals surface area contributed by atoms with Crippen LogP contribution in [0.15, 0.2) is 64.4 Å². The number of benzene rings is 3. The number of allylic oxidation sites excluding steroid dienone is 1. The summed E-state index contributed by atoms with van der Waals surface area (Å²) < 4.78 is 27.9. The second-order valence-corrected chi connectivity index (χ2v) is 13.7. The first-order valence-corrected chi connectivity index (χ1v) is 17.6. The zero-order valence-corrected chi connectivity index (χ0v) is 31.4. The number of halogens is 1. The number of nitrogens with zero attached hydrogens (tertiary/aromatic N) is 3. The van der Waals surface area contributed by atoms with Crippen LogP contribution in [0.5, 0.6) is 28.7 Å². The van der Waals surface area contributed by atoms with E-state index in [0.29, 0.717) is 30.1 Å². The van der Waals surface area contributed by atoms with Gasteiger partial charge < -0.3 is 43.9 Å². The molecule has 2 aliphatic rings. The third-order valence-corrected chi connectivity index (χ3v) is 10.2. The monoisotopic (exact) mass is 760 g/mol. The molecule has 2 heterocycles. The summed E-state index contributed by atoms with van der Waals surface area (Å²) in [5, 5.41) is 29.4. The van der Waals surface area contributed by atoms with Gasteiger partial charge in [0, 0.05) is 74.6 Å². The molecule has 3 N–H and O–H groups in total. The van der Waals surface area contributed by atoms with E-state index in [1.165, 1.54) is 45.6 Å². The molecule has 1 aliphatic heterocycles. The van der Waals surface area contributed by atoms with E-state index in [9.17, 15) is 24.6 Å². The van der Waals surface area contributed by atoms with Crippen molar-refractivity contribution >= 4 is 34.8 Å². The van der Waals surface area contributed by atoms with Gasteiger partial charge in [-0.25, -0.2) is 0 Å². The number of Topliss-reactive ketones (excluding diaryl/α,β-unsaturated/α-hetero) is 2. The molecule has 0 fully saturated rings. The summed E-state index contributed by atoms with van der Waals surface area (Å²) in [6, 6.07) is 13.5. The average molecular weight is 761 g/mol. The van der Waals surface area contributed by atoms with E-state index in [0.717, 1.165) is 11.3 Å². The maximum Gasteiger partial charge on any atom is 0.231 e. The Kier molecular flexibility index (Phi) is 10.8. The van der Waals surface area contributed by atoms with Crippen molar-refractivity contribution in [3.8, 4) is 40.1 Å². The number of carbonyl (C=O) groups is 3. The Hall–Kier alpha value is -5.76. The molecule has 0 radical (unpaired) electrons. The molecule has 1 aromatic heterocycles. The second kappa shape index (κ2) is 15.3. The number of aryl methyl sites for hydroxylation is 1. The maximum absolute atomic E-state index is 14.4. The molecule has 3 aromatic carbocycles. The number of fused-ring (bicyclic) bond motifs is 1. The minimum Gasteiger partial charge on any atom is -0.507 e. The van der Waals surface area contributed by atoms with Crippen LogP contribution in [0, 0.1) is 5.92 Å². The number of nitrogens with one attached hydrogen (secondary N) is 1. The van der Waals surface area contributed by atoms with E-state index >= 15 is 0 Å². The fourth-order valence-corrected chi connectivity index (χ4v) is 7.21. The number of aromatic hydroxyl groups is 1. The first kappa shape index (κ1) is 38.0. The van der Waals surface area contributed by atoms with Crippen LogP contribution in [0.4, 0.5) is 5.69 Å². The number of aliphatic hydroxyl groups excluding tert-OH is 1. The number of rotatable bonds is 13. The van der Waals surface area contributed by atoms with Crippen LogP contribution in [0.3, 0.4) is 0 Å². The highest BCUT2D eigenvalue weighted by Gasteiger charge is 2.61. The van der Waals surface area contributed by atoms with Gasteiger partial charge in [0.25, 0.3) is 0 Å². The standard InChI is InChI=1S/C39H41ClN4O10/c1-20-16-26(46)32(36(48)39(20)37(49)33-28(51-5)19-29(52-6)34(40)35(33)53-39)24(22-11-14-25(45)27(17-22)50-4)18-30(47)41-15-7-8-31-42-38(43-54-31)21-9-12-23(13-10-21)44(2)3/h9-14,17,19-20,24,45,48H,7-8,15-16,18H2,1-6H3,(H,41,47). The molecule has 15 heteroatoms. The lowest BCUT2D eigenvalue weighted by atomic mass is 9.69. The number of ether oxygens (including phenoxy) is 4. The highest BCUT2D eigenvalue weighted by molar-refractivity contribution is 6.35. The van der Waals surface area contributed by atoms with Gasteiger partial charge in [-0.2, -0.15) is 4.98 Å². The van der Waals surface area contributed by atoms with Gasteiger partial charge in [0.2, 0.25) is 29.0 Å². The fraction of sp³-hybridized carbons (Fsp3) is 0.359. The van der Waals surface area contributed by atoms with E-state index in [4.69, 9.17) is 35.1 Å². The highest BCUT2D eigenvalue weighted by Crippen LogP contribution is 2.56. The van der Waals surface area contributed by atoms with Crippen molar-refractivity contribution in [2.45, 2.75) is 44.1 Å². The van der Waals surface area contributed by atoms with Crippen LogP contribution >= 0.6 is 11.6 Å². The number of phenolic OH excluding ortho intramolecular Hbond substituents is 1. The smallest absolute Gasteiger partial charge is 0.231 e. The Morgan fingerprint density at radius 1 is 1.04 bits per heavy atom. The van der Waals surface area contributed by atoms with E-state index in [1.807, 2.05) is 43.3 Å². The molecular formula is C39H41ClN4O10. The van der Waals surface area contributed by atoms with Crippen LogP contribution < -0.4 is 29.2 Å². The van der Waals surface area contributed by atoms with E-state index in [-0.39, 0.29) is 64.3 Å². The molecule has 6 rings (SSSR count). The summed E-state index contributed by atoms with van der Waals surface area (Å²) in [5.74, 6) is -3.14. The Labute approximate surface area is 316 Å². The molecule has 14 nitrogen and oxygen atoms in total. The van der Waals surface area contributed by atoms with Crippen molar-refractivity contribution in [1.29, 1.82) is 0 Å². The average Bonchev–Trinajstić information content (AvgIpc) is 3.76. The first-order valence-electron chi connectivity index (χ1n) is 17.2. The summed E-state index contributed by atoms with van der Waals surface area (Å²) in [5.41, 5.74) is -0.0279. The molecular weight excluding hydrogens is 720 g/mol. The molecule has 3 unspecified atom stereocenters. The van der Waals surface area contributed by atoms with Crippen LogP contribution in [0.1, 0.15) is 53.9 Å². The number of carbonyl (C=O) groups excluding carboxylic acids is 3. The van der Waals surface area contributed by atoms with Gasteiger partial charge in [-0.1, -0.05) is 29.7 Å². The largest absolute Gasteiger partial charge is 0.507 e. The van der Waals surface area contributed by atoms with Gasteiger partial charge >= 0.3 is 0 Å². The van der Waals surface area contributed by atoms with Crippen molar-refractivity contribution in [2.75, 3.05) is 46.9 Å². The topological polar surface area (TPSA) is 183 Å². The molecule has 1 aliphatic carbocycles. The molecule has 0 saturated carbocycles. The molecule has 0 bridgehead atoms. The summed E-state index contributed by atoms with van der Waals surface area (Å²) >= 11 is 6.60. The lowest BCUT2D eigenvalue weighted by Crippen LogP contribution is -2.53. The first-order chi connectivity index (χ1) is 25.8. The van der Waals surface area contributed by atoms with E-state index < -0.39 is 40.7 Å². The Balaban J connectivity index is 1.26. The summed E-state index contributed by atoms with van der Waals surface area (Å²) in [7, 11) is 8.03. The number of phenols is 1. The van der Waals surface area contributed by atoms with Crippen molar-refractivity contribution < 1.29 is 48.1 Å². The second-order valence-electron chi connectivity index (χ2n) is 13.4. The van der Waals surface area contributed by atoms with Gasteiger partial charge in [-0.05, 0) is 48.4 Å². The fourth-order valence-electron chi connectivity index (χ4n) is 6.94. The lowest BCUT2D eigenvalue weighted by molar-refractivity contribution is -0.121. The Bertz CT molecular complexity index is 2130. The van der Waals surface area contributed by atoms with Crippen molar-refractivity contribution in [2.24, 2.45) is 5.92 Å². The third kappa shape index (κ3) is 6.77. The molecule has 54 heavy (non-hydrogen) atoms. The van der Waals surface area contributed by atoms with E-state index in [1.54, 1.807) is 6.92 Å². The molecule has 4 aromatic rings. The summed E-state index contributed by atoms with van der Waals surface area (Å²) in [4.78, 5) is 48.3. The minimum absolute atomic E-state index is 0.00778. The maximum atomic E-state index is 14.4. The quantitative estimate of drug-likeness (QED) is 0.138. The van der Waals surface area contributed by atoms with Crippen LogP contribution in [0.25, 0.3) is 11.4 Å². The van der Waals surface area contributed by atoms with Crippen LogP contribution in [-0.4, -0.2) is 85.4 Å². The highest BCUT2D eigenvalue weighted by atomic mass is 35.5. The lowest BCUT2D eigenvalue weighted by Gasteiger charge is -2.38. The SMILES string of the molecule is COc1cc(C(CC(=O)NCCCc2nc(-c3ccc(N(C)C)cc3)no2)C2=C(O)C3(Oc4c(Cl)c(OC)cc(OC)c4C3=O)C(C)CC2=O)ccc1O.